The van der Waals surface area contributed by atoms with Gasteiger partial charge in [-0.3, -0.25) is 14.4 Å². The van der Waals surface area contributed by atoms with Crippen molar-refractivity contribution in [3.63, 3.8) is 0 Å². The molecule has 0 atom stereocenters. The van der Waals surface area contributed by atoms with Gasteiger partial charge >= 0.3 is 0 Å². The third-order valence-electron chi connectivity index (χ3n) is 5.07. The number of carbonyl (C=O) groups excluding carboxylic acids is 3. The molecule has 29 heavy (non-hydrogen) atoms. The number of amides is 3. The van der Waals surface area contributed by atoms with Crippen molar-refractivity contribution in [1.82, 2.24) is 0 Å². The van der Waals surface area contributed by atoms with Crippen LogP contribution in [0.1, 0.15) is 31.2 Å². The Balaban J connectivity index is 1.54. The van der Waals surface area contributed by atoms with Gasteiger partial charge in [-0.15, -0.1) is 0 Å². The maximum Gasteiger partial charge on any atom is 0.261 e. The molecule has 2 aromatic rings. The van der Waals surface area contributed by atoms with Gasteiger partial charge in [-0.2, -0.15) is 0 Å². The monoisotopic (exact) mass is 390 g/mol. The Morgan fingerprint density at radius 2 is 1.62 bits per heavy atom. The Bertz CT molecular complexity index is 1030. The number of benzene rings is 2. The highest BCUT2D eigenvalue weighted by Gasteiger charge is 2.40. The molecule has 2 aromatic carbocycles. The Labute approximate surface area is 167 Å². The molecule has 3 amide bonds. The topological polar surface area (TPSA) is 66.5 Å². The van der Waals surface area contributed by atoms with Crippen molar-refractivity contribution < 1.29 is 18.8 Å². The predicted octanol–water partition coefficient (Wildman–Crippen LogP) is 4.22. The van der Waals surface area contributed by atoms with Crippen LogP contribution in [0.2, 0.25) is 0 Å². The highest BCUT2D eigenvalue weighted by Crippen LogP contribution is 2.37. The van der Waals surface area contributed by atoms with Gasteiger partial charge in [0, 0.05) is 22.9 Å². The molecule has 1 aliphatic carbocycles. The molecule has 0 radical (unpaired) electrons. The van der Waals surface area contributed by atoms with Gasteiger partial charge < -0.3 is 5.32 Å². The van der Waals surface area contributed by atoms with Crippen LogP contribution in [0.15, 0.2) is 65.8 Å². The molecule has 2 aliphatic rings. The molecule has 0 saturated heterocycles. The Morgan fingerprint density at radius 1 is 0.966 bits per heavy atom. The van der Waals surface area contributed by atoms with Crippen LogP contribution < -0.4 is 10.2 Å². The first kappa shape index (κ1) is 18.8. The lowest BCUT2D eigenvalue weighted by molar-refractivity contribution is -0.120. The van der Waals surface area contributed by atoms with E-state index in [1.54, 1.807) is 6.08 Å². The van der Waals surface area contributed by atoms with Crippen LogP contribution in [-0.4, -0.2) is 17.7 Å². The fraction of sp³-hybridized carbons (Fsp3) is 0.174. The zero-order chi connectivity index (χ0) is 20.4. The van der Waals surface area contributed by atoms with E-state index in [-0.39, 0.29) is 5.69 Å². The maximum atomic E-state index is 14.5. The smallest absolute Gasteiger partial charge is 0.261 e. The summed E-state index contributed by atoms with van der Waals surface area (Å²) in [4.78, 5) is 38.4. The normalized spacial score (nSPS) is 16.5. The molecular formula is C23H19FN2O3. The second-order valence-corrected chi connectivity index (χ2v) is 7.01. The molecular weight excluding hydrogens is 371 g/mol. The van der Waals surface area contributed by atoms with Gasteiger partial charge in [0.1, 0.15) is 5.82 Å². The fourth-order valence-electron chi connectivity index (χ4n) is 3.64. The van der Waals surface area contributed by atoms with Gasteiger partial charge in [-0.25, -0.2) is 9.29 Å². The summed E-state index contributed by atoms with van der Waals surface area (Å²) in [6.45, 7) is 0. The van der Waals surface area contributed by atoms with Crippen LogP contribution >= 0.6 is 0 Å². The van der Waals surface area contributed by atoms with Crippen LogP contribution in [0.25, 0.3) is 6.08 Å². The molecule has 0 fully saturated rings. The van der Waals surface area contributed by atoms with E-state index in [1.807, 2.05) is 30.3 Å². The Morgan fingerprint density at radius 3 is 2.28 bits per heavy atom. The number of anilines is 2. The molecule has 0 spiro atoms. The molecule has 1 heterocycles. The van der Waals surface area contributed by atoms with E-state index in [9.17, 15) is 18.8 Å². The third kappa shape index (κ3) is 3.74. The average Bonchev–Trinajstić information content (AvgIpc) is 2.99. The molecule has 0 unspecified atom stereocenters. The molecule has 5 nitrogen and oxygen atoms in total. The van der Waals surface area contributed by atoms with Crippen molar-refractivity contribution in [2.45, 2.75) is 25.7 Å². The molecule has 4 rings (SSSR count). The number of halogens is 1. The number of nitrogens with zero attached hydrogens (tertiary/aromatic N) is 1. The first-order valence-electron chi connectivity index (χ1n) is 9.49. The van der Waals surface area contributed by atoms with Gasteiger partial charge in [0.25, 0.3) is 11.8 Å². The van der Waals surface area contributed by atoms with Crippen LogP contribution in [0.3, 0.4) is 0 Å². The van der Waals surface area contributed by atoms with Crippen molar-refractivity contribution >= 4 is 35.2 Å². The molecule has 6 heteroatoms. The predicted molar refractivity (Wildman–Crippen MR) is 108 cm³/mol. The van der Waals surface area contributed by atoms with Crippen LogP contribution in [0.5, 0.6) is 0 Å². The lowest BCUT2D eigenvalue weighted by Gasteiger charge is -2.17. The summed E-state index contributed by atoms with van der Waals surface area (Å²) >= 11 is 0. The fourth-order valence-corrected chi connectivity index (χ4v) is 3.64. The van der Waals surface area contributed by atoms with E-state index in [1.165, 1.54) is 18.2 Å². The maximum absolute atomic E-state index is 14.5. The second-order valence-electron chi connectivity index (χ2n) is 7.01. The van der Waals surface area contributed by atoms with Crippen LogP contribution in [0.4, 0.5) is 15.8 Å². The van der Waals surface area contributed by atoms with Crippen molar-refractivity contribution in [1.29, 1.82) is 0 Å². The van der Waals surface area contributed by atoms with Gasteiger partial charge in [0.2, 0.25) is 5.91 Å². The number of carbonyl (C=O) groups is 3. The summed E-state index contributed by atoms with van der Waals surface area (Å²) in [6, 6.07) is 13.2. The van der Waals surface area contributed by atoms with E-state index in [0.717, 1.165) is 29.4 Å². The molecule has 0 bridgehead atoms. The minimum atomic E-state index is -0.690. The SMILES string of the molecule is O=C(/C=C/c1ccccc1)Nc1ccc(F)c(N2C(=O)C3=C(CCCC3)C2=O)c1. The standard InChI is InChI=1S/C23H19FN2O3/c24-19-12-11-16(25-21(27)13-10-15-6-2-1-3-7-15)14-20(19)26-22(28)17-8-4-5-9-18(17)23(26)29/h1-3,6-7,10-14H,4-5,8-9H2,(H,25,27)/b13-10+. The molecule has 0 aromatic heterocycles. The third-order valence-corrected chi connectivity index (χ3v) is 5.07. The lowest BCUT2D eigenvalue weighted by Crippen LogP contribution is -2.32. The number of nitrogens with one attached hydrogen (secondary N) is 1. The van der Waals surface area contributed by atoms with E-state index in [4.69, 9.17) is 0 Å². The summed E-state index contributed by atoms with van der Waals surface area (Å²) in [5.74, 6) is -2.01. The molecule has 1 N–H and O–H groups in total. The van der Waals surface area contributed by atoms with E-state index in [2.05, 4.69) is 5.32 Å². The molecule has 1 aliphatic heterocycles. The molecule has 146 valence electrons. The van der Waals surface area contributed by atoms with Gasteiger partial charge in [0.15, 0.2) is 0 Å². The first-order valence-corrected chi connectivity index (χ1v) is 9.49. The zero-order valence-corrected chi connectivity index (χ0v) is 15.7. The number of rotatable bonds is 4. The van der Waals surface area contributed by atoms with Crippen molar-refractivity contribution in [2.24, 2.45) is 0 Å². The Hall–Kier alpha value is -3.54. The molecule has 0 saturated carbocycles. The van der Waals surface area contributed by atoms with Crippen molar-refractivity contribution in [3.05, 3.63) is 77.1 Å². The Kier molecular flexibility index (Phi) is 5.08. The highest BCUT2D eigenvalue weighted by atomic mass is 19.1. The van der Waals surface area contributed by atoms with Gasteiger partial charge in [0.05, 0.1) is 5.69 Å². The quantitative estimate of drug-likeness (QED) is 0.628. The van der Waals surface area contributed by atoms with Gasteiger partial charge in [-0.1, -0.05) is 30.3 Å². The number of hydrogen-bond acceptors (Lipinski definition) is 3. The summed E-state index contributed by atoms with van der Waals surface area (Å²) in [5.41, 5.74) is 2.00. The van der Waals surface area contributed by atoms with Gasteiger partial charge in [-0.05, 0) is 55.5 Å². The van der Waals surface area contributed by atoms with E-state index < -0.39 is 23.5 Å². The largest absolute Gasteiger partial charge is 0.322 e. The summed E-state index contributed by atoms with van der Waals surface area (Å²) < 4.78 is 14.5. The first-order chi connectivity index (χ1) is 14.0. The number of hydrogen-bond donors (Lipinski definition) is 1. The average molecular weight is 390 g/mol. The van der Waals surface area contributed by atoms with Crippen molar-refractivity contribution in [3.8, 4) is 0 Å². The summed E-state index contributed by atoms with van der Waals surface area (Å²) in [6.07, 6.45) is 5.80. The highest BCUT2D eigenvalue weighted by molar-refractivity contribution is 6.33. The van der Waals surface area contributed by atoms with Crippen LogP contribution in [-0.2, 0) is 14.4 Å². The zero-order valence-electron chi connectivity index (χ0n) is 15.7. The summed E-state index contributed by atoms with van der Waals surface area (Å²) in [7, 11) is 0. The van der Waals surface area contributed by atoms with E-state index in [0.29, 0.717) is 29.7 Å². The summed E-state index contributed by atoms with van der Waals surface area (Å²) in [5, 5.41) is 2.64. The lowest BCUT2D eigenvalue weighted by atomic mass is 9.93. The minimum absolute atomic E-state index is 0.140. The van der Waals surface area contributed by atoms with Crippen molar-refractivity contribution in [2.75, 3.05) is 10.2 Å². The minimum Gasteiger partial charge on any atom is -0.322 e. The number of imide groups is 1. The van der Waals surface area contributed by atoms with E-state index >= 15 is 0 Å². The van der Waals surface area contributed by atoms with Crippen LogP contribution in [0, 0.1) is 5.82 Å². The second kappa shape index (κ2) is 7.83.